The van der Waals surface area contributed by atoms with E-state index in [1.165, 1.54) is 16.5 Å². The van der Waals surface area contributed by atoms with Crippen molar-refractivity contribution >= 4 is 10.9 Å². The van der Waals surface area contributed by atoms with Crippen molar-refractivity contribution in [2.24, 2.45) is 0 Å². The molecule has 0 saturated carbocycles. The molecule has 3 nitrogen and oxygen atoms in total. The van der Waals surface area contributed by atoms with Gasteiger partial charge in [0.25, 0.3) is 0 Å². The molecule has 0 amide bonds. The average Bonchev–Trinajstić information content (AvgIpc) is 2.86. The first-order chi connectivity index (χ1) is 9.69. The monoisotopic (exact) mass is 266 g/mol. The number of hydrogen-bond acceptors (Lipinski definition) is 2. The van der Waals surface area contributed by atoms with Gasteiger partial charge < -0.3 is 9.67 Å². The average molecular weight is 266 g/mol. The van der Waals surface area contributed by atoms with Crippen LogP contribution in [0.25, 0.3) is 10.9 Å². The molecule has 0 fully saturated rings. The number of hydrogen-bond donors (Lipinski definition) is 1. The standard InChI is InChI=1S/C17H18N2O/c1-12-3-4-14(9-18-12)10-19-8-7-15-5-6-16(11-20)13(2)17(15)19/h3-9,20H,10-11H2,1-2H3. The van der Waals surface area contributed by atoms with E-state index < -0.39 is 0 Å². The molecule has 3 rings (SSSR count). The maximum Gasteiger partial charge on any atom is 0.0685 e. The Kier molecular flexibility index (Phi) is 3.28. The van der Waals surface area contributed by atoms with E-state index in [1.54, 1.807) is 0 Å². The zero-order valence-electron chi connectivity index (χ0n) is 11.8. The van der Waals surface area contributed by atoms with Crippen molar-refractivity contribution in [3.8, 4) is 0 Å². The highest BCUT2D eigenvalue weighted by Gasteiger charge is 2.08. The van der Waals surface area contributed by atoms with Gasteiger partial charge in [-0.05, 0) is 48.1 Å². The van der Waals surface area contributed by atoms with Crippen molar-refractivity contribution in [2.45, 2.75) is 27.0 Å². The van der Waals surface area contributed by atoms with Gasteiger partial charge in [0.2, 0.25) is 0 Å². The first kappa shape index (κ1) is 12.9. The van der Waals surface area contributed by atoms with Gasteiger partial charge in [0.1, 0.15) is 0 Å². The Morgan fingerprint density at radius 3 is 2.65 bits per heavy atom. The Morgan fingerprint density at radius 2 is 1.95 bits per heavy atom. The van der Waals surface area contributed by atoms with E-state index in [0.29, 0.717) is 0 Å². The number of nitrogens with zero attached hydrogens (tertiary/aromatic N) is 2. The lowest BCUT2D eigenvalue weighted by atomic mass is 10.1. The number of pyridine rings is 1. The van der Waals surface area contributed by atoms with Gasteiger partial charge in [-0.2, -0.15) is 0 Å². The molecule has 0 unspecified atom stereocenters. The van der Waals surface area contributed by atoms with Gasteiger partial charge in [-0.1, -0.05) is 18.2 Å². The van der Waals surface area contributed by atoms with E-state index in [1.807, 2.05) is 25.3 Å². The lowest BCUT2D eigenvalue weighted by Gasteiger charge is -2.10. The Morgan fingerprint density at radius 1 is 1.10 bits per heavy atom. The maximum absolute atomic E-state index is 9.41. The van der Waals surface area contributed by atoms with Crippen LogP contribution >= 0.6 is 0 Å². The van der Waals surface area contributed by atoms with E-state index in [4.69, 9.17) is 0 Å². The second-order valence-corrected chi connectivity index (χ2v) is 5.20. The second kappa shape index (κ2) is 5.10. The summed E-state index contributed by atoms with van der Waals surface area (Å²) < 4.78 is 2.22. The number of rotatable bonds is 3. The summed E-state index contributed by atoms with van der Waals surface area (Å²) in [6.07, 6.45) is 4.02. The van der Waals surface area contributed by atoms with E-state index in [2.05, 4.69) is 40.9 Å². The van der Waals surface area contributed by atoms with E-state index in [9.17, 15) is 5.11 Å². The third-order valence-electron chi connectivity index (χ3n) is 3.79. The molecule has 102 valence electrons. The summed E-state index contributed by atoms with van der Waals surface area (Å²) in [5.41, 5.74) is 5.54. The molecule has 2 heterocycles. The zero-order valence-corrected chi connectivity index (χ0v) is 11.8. The molecule has 0 aliphatic carbocycles. The Bertz CT molecular complexity index is 742. The van der Waals surface area contributed by atoms with Gasteiger partial charge in [-0.15, -0.1) is 0 Å². The summed E-state index contributed by atoms with van der Waals surface area (Å²) in [6.45, 7) is 4.94. The Labute approximate surface area is 118 Å². The van der Waals surface area contributed by atoms with Gasteiger partial charge in [0, 0.05) is 24.6 Å². The molecule has 0 aliphatic rings. The molecule has 0 spiro atoms. The smallest absolute Gasteiger partial charge is 0.0685 e. The highest BCUT2D eigenvalue weighted by molar-refractivity contribution is 5.84. The van der Waals surface area contributed by atoms with Crippen molar-refractivity contribution in [3.63, 3.8) is 0 Å². The van der Waals surface area contributed by atoms with Crippen LogP contribution in [-0.2, 0) is 13.2 Å². The van der Waals surface area contributed by atoms with Gasteiger partial charge in [0.15, 0.2) is 0 Å². The molecule has 3 heteroatoms. The SMILES string of the molecule is Cc1ccc(Cn2ccc3ccc(CO)c(C)c32)cn1. The Hall–Kier alpha value is -2.13. The van der Waals surface area contributed by atoms with Crippen molar-refractivity contribution in [1.29, 1.82) is 0 Å². The number of aromatic nitrogens is 2. The van der Waals surface area contributed by atoms with Crippen LogP contribution in [0, 0.1) is 13.8 Å². The minimum atomic E-state index is 0.0824. The van der Waals surface area contributed by atoms with Crippen molar-refractivity contribution in [1.82, 2.24) is 9.55 Å². The van der Waals surface area contributed by atoms with Crippen LogP contribution < -0.4 is 0 Å². The maximum atomic E-state index is 9.41. The van der Waals surface area contributed by atoms with E-state index >= 15 is 0 Å². The molecule has 0 radical (unpaired) electrons. The second-order valence-electron chi connectivity index (χ2n) is 5.20. The molecule has 0 aliphatic heterocycles. The number of aryl methyl sites for hydroxylation is 2. The largest absolute Gasteiger partial charge is 0.392 e. The van der Waals surface area contributed by atoms with Crippen LogP contribution in [-0.4, -0.2) is 14.7 Å². The molecule has 3 aromatic rings. The van der Waals surface area contributed by atoms with Gasteiger partial charge in [0.05, 0.1) is 12.1 Å². The van der Waals surface area contributed by atoms with Crippen LogP contribution in [0.3, 0.4) is 0 Å². The van der Waals surface area contributed by atoms with Crippen LogP contribution in [0.4, 0.5) is 0 Å². The predicted octanol–water partition coefficient (Wildman–Crippen LogP) is 3.19. The molecule has 20 heavy (non-hydrogen) atoms. The summed E-state index contributed by atoms with van der Waals surface area (Å²) in [5, 5.41) is 10.6. The van der Waals surface area contributed by atoms with E-state index in [0.717, 1.165) is 23.4 Å². The molecule has 2 aromatic heterocycles. The van der Waals surface area contributed by atoms with Crippen LogP contribution in [0.5, 0.6) is 0 Å². The fourth-order valence-electron chi connectivity index (χ4n) is 2.62. The fourth-order valence-corrected chi connectivity index (χ4v) is 2.62. The van der Waals surface area contributed by atoms with Crippen LogP contribution in [0.1, 0.15) is 22.4 Å². The molecule has 0 saturated heterocycles. The summed E-state index contributed by atoms with van der Waals surface area (Å²) in [5.74, 6) is 0. The van der Waals surface area contributed by atoms with Crippen LogP contribution in [0.15, 0.2) is 42.7 Å². The summed E-state index contributed by atoms with van der Waals surface area (Å²) in [6, 6.07) is 10.3. The zero-order chi connectivity index (χ0) is 14.1. The molecule has 0 atom stereocenters. The van der Waals surface area contributed by atoms with Gasteiger partial charge >= 0.3 is 0 Å². The summed E-state index contributed by atoms with van der Waals surface area (Å²) >= 11 is 0. The minimum absolute atomic E-state index is 0.0824. The van der Waals surface area contributed by atoms with E-state index in [-0.39, 0.29) is 6.61 Å². The first-order valence-corrected chi connectivity index (χ1v) is 6.79. The molecule has 0 bridgehead atoms. The predicted molar refractivity (Wildman–Crippen MR) is 80.7 cm³/mol. The lowest BCUT2D eigenvalue weighted by Crippen LogP contribution is -2.01. The fraction of sp³-hybridized carbons (Fsp3) is 0.235. The molecule has 1 N–H and O–H groups in total. The van der Waals surface area contributed by atoms with Crippen molar-refractivity contribution < 1.29 is 5.11 Å². The van der Waals surface area contributed by atoms with Crippen LogP contribution in [0.2, 0.25) is 0 Å². The minimum Gasteiger partial charge on any atom is -0.392 e. The van der Waals surface area contributed by atoms with Gasteiger partial charge in [-0.25, -0.2) is 0 Å². The third kappa shape index (κ3) is 2.21. The van der Waals surface area contributed by atoms with Crippen molar-refractivity contribution in [2.75, 3.05) is 0 Å². The highest BCUT2D eigenvalue weighted by atomic mass is 16.3. The highest BCUT2D eigenvalue weighted by Crippen LogP contribution is 2.24. The number of fused-ring (bicyclic) bond motifs is 1. The normalized spacial score (nSPS) is 11.2. The Balaban J connectivity index is 2.05. The number of aliphatic hydroxyl groups excluding tert-OH is 1. The molecule has 1 aromatic carbocycles. The molecular formula is C17H18N2O. The lowest BCUT2D eigenvalue weighted by molar-refractivity contribution is 0.281. The molecular weight excluding hydrogens is 248 g/mol. The number of benzene rings is 1. The van der Waals surface area contributed by atoms with Crippen molar-refractivity contribution in [3.05, 3.63) is 65.1 Å². The third-order valence-corrected chi connectivity index (χ3v) is 3.79. The summed E-state index contributed by atoms with van der Waals surface area (Å²) in [7, 11) is 0. The van der Waals surface area contributed by atoms with Gasteiger partial charge in [-0.3, -0.25) is 4.98 Å². The number of aliphatic hydroxyl groups is 1. The first-order valence-electron chi connectivity index (χ1n) is 6.79. The summed E-state index contributed by atoms with van der Waals surface area (Å²) in [4.78, 5) is 4.34. The quantitative estimate of drug-likeness (QED) is 0.790. The topological polar surface area (TPSA) is 38.0 Å².